The van der Waals surface area contributed by atoms with Crippen molar-refractivity contribution in [2.75, 3.05) is 27.2 Å². The number of nitrogens with zero attached hydrogens (tertiary/aromatic N) is 4. The topological polar surface area (TPSA) is 65.5 Å². The minimum atomic E-state index is -0.388. The van der Waals surface area contributed by atoms with Crippen LogP contribution in [0.25, 0.3) is 0 Å². The number of aryl methyl sites for hydroxylation is 1. The average Bonchev–Trinajstić information content (AvgIpc) is 3.40. The Hall–Kier alpha value is -2.58. The van der Waals surface area contributed by atoms with Gasteiger partial charge in [0.15, 0.2) is 5.17 Å². The quantitative estimate of drug-likeness (QED) is 0.570. The Morgan fingerprint density at radius 3 is 2.68 bits per heavy atom. The number of benzene rings is 1. The summed E-state index contributed by atoms with van der Waals surface area (Å²) in [6.45, 7) is 9.12. The molecule has 2 atom stereocenters. The normalized spacial score (nSPS) is 22.4. The summed E-state index contributed by atoms with van der Waals surface area (Å²) in [5, 5.41) is 2.80. The van der Waals surface area contributed by atoms with Crippen molar-refractivity contribution in [3.8, 4) is 0 Å². The number of fused-ring (bicyclic) bond motifs is 1. The molecule has 4 rings (SSSR count). The van der Waals surface area contributed by atoms with E-state index < -0.39 is 0 Å². The first-order valence-electron chi connectivity index (χ1n) is 11.8. The molecule has 0 aromatic heterocycles. The Balaban J connectivity index is 1.65. The van der Waals surface area contributed by atoms with Gasteiger partial charge in [-0.2, -0.15) is 0 Å². The van der Waals surface area contributed by atoms with E-state index in [0.29, 0.717) is 17.3 Å². The molecule has 7 nitrogen and oxygen atoms in total. The Kier molecular flexibility index (Phi) is 7.19. The molecule has 1 fully saturated rings. The first-order chi connectivity index (χ1) is 16.2. The van der Waals surface area contributed by atoms with Gasteiger partial charge in [-0.15, -0.1) is 0 Å². The van der Waals surface area contributed by atoms with Crippen LogP contribution in [0.1, 0.15) is 50.8 Å². The van der Waals surface area contributed by atoms with Gasteiger partial charge in [-0.05, 0) is 59.2 Å². The van der Waals surface area contributed by atoms with Gasteiger partial charge in [0.25, 0.3) is 0 Å². The SMILES string of the molecule is CC1=C(C(=O)OC(C)C)C(c2cccc(C)c2)N2C(CC(=O)N3CCC(N(C)C)C3)=CSC2=N1. The Morgan fingerprint density at radius 2 is 2.03 bits per heavy atom. The van der Waals surface area contributed by atoms with E-state index in [1.54, 1.807) is 0 Å². The van der Waals surface area contributed by atoms with Crippen molar-refractivity contribution in [2.24, 2.45) is 4.99 Å². The molecule has 0 aliphatic carbocycles. The molecule has 3 heterocycles. The molecule has 2 unspecified atom stereocenters. The summed E-state index contributed by atoms with van der Waals surface area (Å²) in [6.07, 6.45) is 1.03. The Bertz CT molecular complexity index is 1080. The number of carbonyl (C=O) groups is 2. The minimum absolute atomic E-state index is 0.109. The molecule has 1 saturated heterocycles. The maximum atomic E-state index is 13.3. The van der Waals surface area contributed by atoms with Crippen LogP contribution in [0, 0.1) is 6.92 Å². The molecule has 8 heteroatoms. The van der Waals surface area contributed by atoms with Crippen LogP contribution < -0.4 is 0 Å². The molecule has 34 heavy (non-hydrogen) atoms. The van der Waals surface area contributed by atoms with Crippen LogP contribution in [0.2, 0.25) is 0 Å². The maximum Gasteiger partial charge on any atom is 0.338 e. The Morgan fingerprint density at radius 1 is 1.26 bits per heavy atom. The summed E-state index contributed by atoms with van der Waals surface area (Å²) in [4.78, 5) is 37.4. The molecule has 1 aromatic carbocycles. The van der Waals surface area contributed by atoms with Crippen molar-refractivity contribution in [1.82, 2.24) is 14.7 Å². The molecule has 0 saturated carbocycles. The summed E-state index contributed by atoms with van der Waals surface area (Å²) < 4.78 is 5.62. The lowest BCUT2D eigenvalue weighted by Crippen LogP contribution is -2.39. The number of esters is 1. The Labute approximate surface area is 206 Å². The molecule has 0 bridgehead atoms. The lowest BCUT2D eigenvalue weighted by atomic mass is 9.93. The van der Waals surface area contributed by atoms with Gasteiger partial charge in [0, 0.05) is 24.8 Å². The van der Waals surface area contributed by atoms with Gasteiger partial charge in [-0.1, -0.05) is 41.6 Å². The molecular weight excluding hydrogens is 448 g/mol. The molecule has 182 valence electrons. The molecular formula is C26H34N4O3S. The number of rotatable bonds is 6. The van der Waals surface area contributed by atoms with Crippen LogP contribution in [0.15, 0.2) is 51.6 Å². The third-order valence-corrected chi connectivity index (χ3v) is 7.39. The van der Waals surface area contributed by atoms with Crippen LogP contribution in [-0.2, 0) is 14.3 Å². The fourth-order valence-electron chi connectivity index (χ4n) is 4.72. The number of likely N-dealkylation sites (N-methyl/N-ethyl adjacent to an activating group) is 1. The smallest absolute Gasteiger partial charge is 0.338 e. The third kappa shape index (κ3) is 4.93. The van der Waals surface area contributed by atoms with E-state index in [0.717, 1.165) is 41.5 Å². The van der Waals surface area contributed by atoms with E-state index >= 15 is 0 Å². The number of ether oxygens (including phenoxy) is 1. The number of thioether (sulfide) groups is 1. The first kappa shape index (κ1) is 24.5. The second kappa shape index (κ2) is 9.96. The largest absolute Gasteiger partial charge is 0.459 e. The number of amides is 1. The summed E-state index contributed by atoms with van der Waals surface area (Å²) in [5.41, 5.74) is 4.15. The fraction of sp³-hybridized carbons (Fsp3) is 0.500. The summed E-state index contributed by atoms with van der Waals surface area (Å²) in [5.74, 6) is -0.254. The zero-order chi connectivity index (χ0) is 24.6. The predicted octanol–water partition coefficient (Wildman–Crippen LogP) is 4.07. The second-order valence-corrected chi connectivity index (χ2v) is 10.5. The average molecular weight is 483 g/mol. The lowest BCUT2D eigenvalue weighted by Gasteiger charge is -2.37. The third-order valence-electron chi connectivity index (χ3n) is 6.50. The summed E-state index contributed by atoms with van der Waals surface area (Å²) in [6, 6.07) is 8.17. The fourth-order valence-corrected chi connectivity index (χ4v) is 5.68. The van der Waals surface area contributed by atoms with Gasteiger partial charge in [0.05, 0.1) is 29.8 Å². The first-order valence-corrected chi connectivity index (χ1v) is 12.7. The standard InChI is InChI=1S/C26H34N4O3S/c1-16(2)33-25(32)23-18(4)27-26-30(24(23)19-9-7-8-17(3)12-19)21(15-34-26)13-22(31)29-11-10-20(14-29)28(5)6/h7-9,12,15-16,20,24H,10-11,13-14H2,1-6H3. The number of carbonyl (C=O) groups excluding carboxylic acids is 2. The van der Waals surface area contributed by atoms with E-state index in [1.165, 1.54) is 11.8 Å². The predicted molar refractivity (Wildman–Crippen MR) is 136 cm³/mol. The molecule has 0 N–H and O–H groups in total. The van der Waals surface area contributed by atoms with Gasteiger partial charge in [0.2, 0.25) is 5.91 Å². The van der Waals surface area contributed by atoms with Gasteiger partial charge >= 0.3 is 5.97 Å². The van der Waals surface area contributed by atoms with Gasteiger partial charge < -0.3 is 19.4 Å². The molecule has 3 aliphatic rings. The number of hydrogen-bond donors (Lipinski definition) is 0. The lowest BCUT2D eigenvalue weighted by molar-refractivity contribution is -0.143. The second-order valence-electron chi connectivity index (χ2n) is 9.68. The highest BCUT2D eigenvalue weighted by molar-refractivity contribution is 8.16. The molecule has 0 spiro atoms. The number of allylic oxidation sites excluding steroid dienone is 1. The number of aliphatic imine (C=N–C) groups is 1. The molecule has 1 amide bonds. The van der Waals surface area contributed by atoms with Crippen molar-refractivity contribution < 1.29 is 14.3 Å². The number of likely N-dealkylation sites (tertiary alicyclic amines) is 1. The van der Waals surface area contributed by atoms with Crippen LogP contribution in [-0.4, -0.2) is 71.1 Å². The maximum absolute atomic E-state index is 13.3. The van der Waals surface area contributed by atoms with E-state index in [1.807, 2.05) is 56.2 Å². The van der Waals surface area contributed by atoms with Crippen molar-refractivity contribution in [3.63, 3.8) is 0 Å². The van der Waals surface area contributed by atoms with Crippen molar-refractivity contribution >= 4 is 28.8 Å². The van der Waals surface area contributed by atoms with E-state index in [9.17, 15) is 9.59 Å². The zero-order valence-electron chi connectivity index (χ0n) is 20.9. The summed E-state index contributed by atoms with van der Waals surface area (Å²) >= 11 is 1.51. The molecule has 3 aliphatic heterocycles. The van der Waals surface area contributed by atoms with E-state index in [2.05, 4.69) is 30.0 Å². The highest BCUT2D eigenvalue weighted by Gasteiger charge is 2.42. The van der Waals surface area contributed by atoms with Crippen molar-refractivity contribution in [3.05, 3.63) is 57.8 Å². The summed E-state index contributed by atoms with van der Waals surface area (Å²) in [7, 11) is 4.12. The van der Waals surface area contributed by atoms with Crippen molar-refractivity contribution in [1.29, 1.82) is 0 Å². The van der Waals surface area contributed by atoms with Gasteiger partial charge in [-0.3, -0.25) is 4.79 Å². The van der Waals surface area contributed by atoms with Crippen LogP contribution >= 0.6 is 11.8 Å². The van der Waals surface area contributed by atoms with Crippen LogP contribution in [0.5, 0.6) is 0 Å². The van der Waals surface area contributed by atoms with Gasteiger partial charge in [-0.25, -0.2) is 9.79 Å². The number of amidine groups is 1. The molecule has 1 aromatic rings. The van der Waals surface area contributed by atoms with Gasteiger partial charge in [0.1, 0.15) is 0 Å². The monoisotopic (exact) mass is 482 g/mol. The zero-order valence-corrected chi connectivity index (χ0v) is 21.7. The molecule has 0 radical (unpaired) electrons. The van der Waals surface area contributed by atoms with Crippen LogP contribution in [0.3, 0.4) is 0 Å². The number of hydrogen-bond acceptors (Lipinski definition) is 7. The van der Waals surface area contributed by atoms with Crippen LogP contribution in [0.4, 0.5) is 0 Å². The van der Waals surface area contributed by atoms with E-state index in [-0.39, 0.29) is 30.4 Å². The minimum Gasteiger partial charge on any atom is -0.459 e. The van der Waals surface area contributed by atoms with Crippen molar-refractivity contribution in [2.45, 2.75) is 58.7 Å². The van der Waals surface area contributed by atoms with E-state index in [4.69, 9.17) is 9.73 Å². The highest BCUT2D eigenvalue weighted by atomic mass is 32.2. The highest BCUT2D eigenvalue weighted by Crippen LogP contribution is 2.45.